The van der Waals surface area contributed by atoms with Crippen molar-refractivity contribution in [3.63, 3.8) is 0 Å². The standard InChI is InChI=1S/C21H26N4O3/c1-14-17(19(27)24-20(28)23-14)9-18(26)25-11-16-10-22-12-21(16,13-25)8-7-15-5-3-2-4-6-15/h2-6,16,22H,7-13H2,1H3,(H2,23,24,27,28). The molecule has 2 atom stereocenters. The van der Waals surface area contributed by atoms with Crippen molar-refractivity contribution in [1.82, 2.24) is 20.2 Å². The van der Waals surface area contributed by atoms with Crippen molar-refractivity contribution >= 4 is 5.91 Å². The van der Waals surface area contributed by atoms with Gasteiger partial charge < -0.3 is 15.2 Å². The van der Waals surface area contributed by atoms with Gasteiger partial charge in [0.15, 0.2) is 0 Å². The topological polar surface area (TPSA) is 98.1 Å². The predicted octanol–water partition coefficient (Wildman–Crippen LogP) is 0.595. The fraction of sp³-hybridized carbons (Fsp3) is 0.476. The van der Waals surface area contributed by atoms with Crippen LogP contribution in [0, 0.1) is 18.3 Å². The molecule has 28 heavy (non-hydrogen) atoms. The second kappa shape index (κ2) is 7.39. The van der Waals surface area contributed by atoms with Crippen LogP contribution >= 0.6 is 0 Å². The number of carbonyl (C=O) groups is 1. The van der Waals surface area contributed by atoms with Crippen molar-refractivity contribution in [3.8, 4) is 0 Å². The van der Waals surface area contributed by atoms with Gasteiger partial charge in [0, 0.05) is 42.9 Å². The van der Waals surface area contributed by atoms with Gasteiger partial charge in [0.2, 0.25) is 5.91 Å². The molecular formula is C21H26N4O3. The Kier molecular flexibility index (Phi) is 4.93. The largest absolute Gasteiger partial charge is 0.341 e. The molecule has 0 bridgehead atoms. The number of hydrogen-bond acceptors (Lipinski definition) is 4. The Morgan fingerprint density at radius 3 is 2.75 bits per heavy atom. The summed E-state index contributed by atoms with van der Waals surface area (Å²) in [5, 5.41) is 3.50. The zero-order chi connectivity index (χ0) is 19.7. The first-order valence-corrected chi connectivity index (χ1v) is 9.81. The van der Waals surface area contributed by atoms with Gasteiger partial charge >= 0.3 is 5.69 Å². The minimum atomic E-state index is -0.541. The van der Waals surface area contributed by atoms with Crippen LogP contribution in [0.4, 0.5) is 0 Å². The van der Waals surface area contributed by atoms with Gasteiger partial charge in [-0.2, -0.15) is 0 Å². The Morgan fingerprint density at radius 2 is 2.00 bits per heavy atom. The number of hydrogen-bond donors (Lipinski definition) is 3. The Labute approximate surface area is 163 Å². The van der Waals surface area contributed by atoms with E-state index in [1.807, 2.05) is 11.0 Å². The van der Waals surface area contributed by atoms with Gasteiger partial charge in [-0.1, -0.05) is 30.3 Å². The fourth-order valence-corrected chi connectivity index (χ4v) is 4.71. The molecule has 3 N–H and O–H groups in total. The third kappa shape index (κ3) is 3.54. The molecule has 0 saturated carbocycles. The monoisotopic (exact) mass is 382 g/mol. The molecule has 2 unspecified atom stereocenters. The summed E-state index contributed by atoms with van der Waals surface area (Å²) in [7, 11) is 0. The SMILES string of the molecule is Cc1[nH]c(=O)[nH]c(=O)c1CC(=O)N1CC2CNCC2(CCc2ccccc2)C1. The summed E-state index contributed by atoms with van der Waals surface area (Å²) in [6.07, 6.45) is 2.06. The van der Waals surface area contributed by atoms with E-state index >= 15 is 0 Å². The van der Waals surface area contributed by atoms with Crippen molar-refractivity contribution in [2.24, 2.45) is 11.3 Å². The summed E-state index contributed by atoms with van der Waals surface area (Å²) >= 11 is 0. The molecule has 2 fully saturated rings. The summed E-state index contributed by atoms with van der Waals surface area (Å²) < 4.78 is 0. The highest BCUT2D eigenvalue weighted by atomic mass is 16.2. The number of nitrogens with one attached hydrogen (secondary N) is 3. The van der Waals surface area contributed by atoms with E-state index in [-0.39, 0.29) is 17.7 Å². The molecule has 0 radical (unpaired) electrons. The maximum Gasteiger partial charge on any atom is 0.325 e. The van der Waals surface area contributed by atoms with Gasteiger partial charge in [-0.3, -0.25) is 14.6 Å². The highest BCUT2D eigenvalue weighted by Crippen LogP contribution is 2.42. The van der Waals surface area contributed by atoms with E-state index in [0.29, 0.717) is 17.2 Å². The van der Waals surface area contributed by atoms with Crippen molar-refractivity contribution in [2.75, 3.05) is 26.2 Å². The molecule has 1 aromatic carbocycles. The lowest BCUT2D eigenvalue weighted by Crippen LogP contribution is -2.38. The van der Waals surface area contributed by atoms with E-state index in [1.165, 1.54) is 5.56 Å². The Bertz CT molecular complexity index is 981. The van der Waals surface area contributed by atoms with Crippen molar-refractivity contribution < 1.29 is 4.79 Å². The predicted molar refractivity (Wildman–Crippen MR) is 106 cm³/mol. The fourth-order valence-electron chi connectivity index (χ4n) is 4.71. The van der Waals surface area contributed by atoms with Crippen LogP contribution in [0.1, 0.15) is 23.2 Å². The number of rotatable bonds is 5. The van der Waals surface area contributed by atoms with E-state index in [9.17, 15) is 14.4 Å². The molecule has 7 nitrogen and oxygen atoms in total. The van der Waals surface area contributed by atoms with Gasteiger partial charge in [-0.15, -0.1) is 0 Å². The van der Waals surface area contributed by atoms with Crippen LogP contribution < -0.4 is 16.6 Å². The Morgan fingerprint density at radius 1 is 1.21 bits per heavy atom. The molecule has 0 aliphatic carbocycles. The smallest absolute Gasteiger partial charge is 0.325 e. The van der Waals surface area contributed by atoms with Crippen LogP contribution in [-0.4, -0.2) is 47.0 Å². The highest BCUT2D eigenvalue weighted by Gasteiger charge is 2.50. The van der Waals surface area contributed by atoms with E-state index in [1.54, 1.807) is 6.92 Å². The second-order valence-electron chi connectivity index (χ2n) is 8.14. The maximum absolute atomic E-state index is 12.9. The number of likely N-dealkylation sites (tertiary alicyclic amines) is 1. The average molecular weight is 382 g/mol. The van der Waals surface area contributed by atoms with Gasteiger partial charge in [0.1, 0.15) is 0 Å². The number of amides is 1. The lowest BCUT2D eigenvalue weighted by Gasteiger charge is -2.28. The van der Waals surface area contributed by atoms with Crippen molar-refractivity contribution in [3.05, 3.63) is 68.0 Å². The summed E-state index contributed by atoms with van der Waals surface area (Å²) in [5.41, 5.74) is 1.20. The zero-order valence-corrected chi connectivity index (χ0v) is 16.1. The molecule has 1 aromatic heterocycles. The lowest BCUT2D eigenvalue weighted by atomic mass is 9.76. The van der Waals surface area contributed by atoms with Crippen LogP contribution in [0.5, 0.6) is 0 Å². The molecule has 2 aromatic rings. The van der Waals surface area contributed by atoms with Crippen LogP contribution in [0.25, 0.3) is 0 Å². The summed E-state index contributed by atoms with van der Waals surface area (Å²) in [5.74, 6) is 0.393. The van der Waals surface area contributed by atoms with Crippen LogP contribution in [-0.2, 0) is 17.6 Å². The number of aromatic amines is 2. The first-order valence-electron chi connectivity index (χ1n) is 9.81. The first-order chi connectivity index (χ1) is 13.5. The third-order valence-electron chi connectivity index (χ3n) is 6.37. The van der Waals surface area contributed by atoms with E-state index < -0.39 is 11.2 Å². The quantitative estimate of drug-likeness (QED) is 0.705. The number of benzene rings is 1. The molecule has 0 spiro atoms. The molecule has 2 aliphatic rings. The summed E-state index contributed by atoms with van der Waals surface area (Å²) in [4.78, 5) is 43.0. The molecule has 148 valence electrons. The lowest BCUT2D eigenvalue weighted by molar-refractivity contribution is -0.130. The number of fused-ring (bicyclic) bond motifs is 1. The van der Waals surface area contributed by atoms with Gasteiger partial charge in [-0.05, 0) is 31.2 Å². The first kappa shape index (κ1) is 18.7. The van der Waals surface area contributed by atoms with E-state index in [2.05, 4.69) is 39.6 Å². The Balaban J connectivity index is 1.46. The van der Waals surface area contributed by atoms with Gasteiger partial charge in [0.25, 0.3) is 5.56 Å². The molecule has 2 saturated heterocycles. The Hall–Kier alpha value is -2.67. The molecule has 3 heterocycles. The second-order valence-corrected chi connectivity index (χ2v) is 8.14. The van der Waals surface area contributed by atoms with E-state index in [4.69, 9.17) is 0 Å². The van der Waals surface area contributed by atoms with Crippen molar-refractivity contribution in [1.29, 1.82) is 0 Å². The molecule has 4 rings (SSSR count). The minimum absolute atomic E-state index is 0.0207. The maximum atomic E-state index is 12.9. The highest BCUT2D eigenvalue weighted by molar-refractivity contribution is 5.79. The molecular weight excluding hydrogens is 356 g/mol. The van der Waals surface area contributed by atoms with Crippen LogP contribution in [0.15, 0.2) is 39.9 Å². The van der Waals surface area contributed by atoms with Gasteiger partial charge in [-0.25, -0.2) is 4.79 Å². The normalized spacial score (nSPS) is 23.8. The van der Waals surface area contributed by atoms with E-state index in [0.717, 1.165) is 39.0 Å². The third-order valence-corrected chi connectivity index (χ3v) is 6.37. The molecule has 2 aliphatic heterocycles. The average Bonchev–Trinajstić information content (AvgIpc) is 3.21. The van der Waals surface area contributed by atoms with Crippen LogP contribution in [0.2, 0.25) is 0 Å². The van der Waals surface area contributed by atoms with Crippen molar-refractivity contribution in [2.45, 2.75) is 26.2 Å². The number of aryl methyl sites for hydroxylation is 2. The number of aromatic nitrogens is 2. The number of nitrogens with zero attached hydrogens (tertiary/aromatic N) is 1. The molecule has 1 amide bonds. The number of H-pyrrole nitrogens is 2. The number of carbonyl (C=O) groups excluding carboxylic acids is 1. The summed E-state index contributed by atoms with van der Waals surface area (Å²) in [6, 6.07) is 10.4. The van der Waals surface area contributed by atoms with Crippen LogP contribution in [0.3, 0.4) is 0 Å². The minimum Gasteiger partial charge on any atom is -0.341 e. The summed E-state index contributed by atoms with van der Waals surface area (Å²) in [6.45, 7) is 4.95. The van der Waals surface area contributed by atoms with Gasteiger partial charge in [0.05, 0.1) is 6.42 Å². The zero-order valence-electron chi connectivity index (χ0n) is 16.1. The molecule has 7 heteroatoms.